The lowest BCUT2D eigenvalue weighted by atomic mass is 10.1. The van der Waals surface area contributed by atoms with Crippen LogP contribution in [0.25, 0.3) is 0 Å². The minimum atomic E-state index is -0.344. The highest BCUT2D eigenvalue weighted by Crippen LogP contribution is 2.15. The van der Waals surface area contributed by atoms with E-state index >= 15 is 0 Å². The number of methoxy groups -OCH3 is 2. The Kier molecular flexibility index (Phi) is 6.72. The smallest absolute Gasteiger partial charge is 0.310 e. The van der Waals surface area contributed by atoms with Crippen molar-refractivity contribution >= 4 is 11.9 Å². The highest BCUT2D eigenvalue weighted by atomic mass is 16.5. The number of benzene rings is 1. The van der Waals surface area contributed by atoms with Gasteiger partial charge in [0.15, 0.2) is 0 Å². The molecule has 5 nitrogen and oxygen atoms in total. The molecule has 21 heavy (non-hydrogen) atoms. The van der Waals surface area contributed by atoms with Gasteiger partial charge in [-0.1, -0.05) is 26.0 Å². The van der Waals surface area contributed by atoms with Crippen LogP contribution in [0.3, 0.4) is 0 Å². The van der Waals surface area contributed by atoms with E-state index in [4.69, 9.17) is 9.47 Å². The molecule has 0 aliphatic heterocycles. The number of nitrogens with zero attached hydrogens (tertiary/aromatic N) is 1. The SMILES string of the molecule is CCC(=O)N(Cc1ccc(OC)cc1)CC(C)C(=O)OC. The van der Waals surface area contributed by atoms with E-state index in [1.807, 2.05) is 31.2 Å². The fourth-order valence-corrected chi connectivity index (χ4v) is 2.04. The Bertz CT molecular complexity index is 470. The van der Waals surface area contributed by atoms with E-state index < -0.39 is 0 Å². The van der Waals surface area contributed by atoms with Crippen LogP contribution in [-0.2, 0) is 20.9 Å². The van der Waals surface area contributed by atoms with Crippen molar-refractivity contribution in [3.63, 3.8) is 0 Å². The number of amides is 1. The van der Waals surface area contributed by atoms with Gasteiger partial charge in [-0.3, -0.25) is 9.59 Å². The van der Waals surface area contributed by atoms with Crippen LogP contribution in [0.2, 0.25) is 0 Å². The molecular formula is C16H23NO4. The molecule has 1 aromatic carbocycles. The predicted molar refractivity (Wildman–Crippen MR) is 79.9 cm³/mol. The van der Waals surface area contributed by atoms with Crippen molar-refractivity contribution in [2.24, 2.45) is 5.92 Å². The minimum Gasteiger partial charge on any atom is -0.497 e. The average molecular weight is 293 g/mol. The summed E-state index contributed by atoms with van der Waals surface area (Å²) < 4.78 is 9.82. The van der Waals surface area contributed by atoms with Crippen molar-refractivity contribution in [3.05, 3.63) is 29.8 Å². The van der Waals surface area contributed by atoms with Crippen LogP contribution < -0.4 is 4.74 Å². The zero-order chi connectivity index (χ0) is 15.8. The third kappa shape index (κ3) is 5.10. The predicted octanol–water partition coefficient (Wildman–Crippen LogP) is 2.24. The maximum Gasteiger partial charge on any atom is 0.310 e. The van der Waals surface area contributed by atoms with Crippen molar-refractivity contribution in [2.75, 3.05) is 20.8 Å². The molecule has 0 spiro atoms. The molecule has 0 aliphatic rings. The number of carbonyl (C=O) groups is 2. The van der Waals surface area contributed by atoms with Gasteiger partial charge in [0.2, 0.25) is 5.91 Å². The molecule has 0 aliphatic carbocycles. The monoisotopic (exact) mass is 293 g/mol. The van der Waals surface area contributed by atoms with Crippen molar-refractivity contribution in [2.45, 2.75) is 26.8 Å². The first-order valence-corrected chi connectivity index (χ1v) is 7.00. The van der Waals surface area contributed by atoms with E-state index in [0.29, 0.717) is 19.5 Å². The molecule has 0 saturated carbocycles. The van der Waals surface area contributed by atoms with Gasteiger partial charge >= 0.3 is 5.97 Å². The number of rotatable bonds is 7. The molecule has 0 heterocycles. The van der Waals surface area contributed by atoms with Gasteiger partial charge < -0.3 is 14.4 Å². The van der Waals surface area contributed by atoms with Gasteiger partial charge in [0.1, 0.15) is 5.75 Å². The molecule has 0 N–H and O–H groups in total. The van der Waals surface area contributed by atoms with Gasteiger partial charge in [-0.05, 0) is 17.7 Å². The molecule has 116 valence electrons. The first-order valence-electron chi connectivity index (χ1n) is 7.00. The van der Waals surface area contributed by atoms with Crippen LogP contribution in [0.15, 0.2) is 24.3 Å². The third-order valence-electron chi connectivity index (χ3n) is 3.29. The number of carbonyl (C=O) groups excluding carboxylic acids is 2. The average Bonchev–Trinajstić information content (AvgIpc) is 2.53. The first-order chi connectivity index (χ1) is 10.0. The molecule has 1 atom stereocenters. The summed E-state index contributed by atoms with van der Waals surface area (Å²) in [6.45, 7) is 4.39. The second-order valence-electron chi connectivity index (χ2n) is 4.90. The molecule has 0 bridgehead atoms. The molecule has 0 saturated heterocycles. The Morgan fingerprint density at radius 3 is 2.29 bits per heavy atom. The molecule has 0 radical (unpaired) electrons. The molecule has 1 rings (SSSR count). The lowest BCUT2D eigenvalue weighted by molar-refractivity contribution is -0.146. The lowest BCUT2D eigenvalue weighted by Crippen LogP contribution is -2.36. The minimum absolute atomic E-state index is 0.0153. The molecule has 1 aromatic rings. The quantitative estimate of drug-likeness (QED) is 0.724. The summed E-state index contributed by atoms with van der Waals surface area (Å²) in [6, 6.07) is 7.54. The Hall–Kier alpha value is -2.04. The summed E-state index contributed by atoms with van der Waals surface area (Å²) in [5.74, 6) is 0.138. The van der Waals surface area contributed by atoms with Gasteiger partial charge in [0.25, 0.3) is 0 Å². The van der Waals surface area contributed by atoms with E-state index in [1.165, 1.54) is 7.11 Å². The van der Waals surface area contributed by atoms with Crippen molar-refractivity contribution < 1.29 is 19.1 Å². The third-order valence-corrected chi connectivity index (χ3v) is 3.29. The Labute approximate surface area is 125 Å². The summed E-state index contributed by atoms with van der Waals surface area (Å²) >= 11 is 0. The van der Waals surface area contributed by atoms with Gasteiger partial charge in [0, 0.05) is 19.5 Å². The van der Waals surface area contributed by atoms with Crippen LogP contribution in [0.1, 0.15) is 25.8 Å². The van der Waals surface area contributed by atoms with Crippen LogP contribution in [0, 0.1) is 5.92 Å². The van der Waals surface area contributed by atoms with Crippen molar-refractivity contribution in [1.29, 1.82) is 0 Å². The van der Waals surface area contributed by atoms with Gasteiger partial charge in [-0.25, -0.2) is 0 Å². The Morgan fingerprint density at radius 2 is 1.81 bits per heavy atom. The zero-order valence-corrected chi connectivity index (χ0v) is 13.1. The van der Waals surface area contributed by atoms with E-state index in [0.717, 1.165) is 11.3 Å². The number of hydrogen-bond donors (Lipinski definition) is 0. The summed E-state index contributed by atoms with van der Waals surface area (Å²) in [6.07, 6.45) is 0.407. The molecule has 1 unspecified atom stereocenters. The van der Waals surface area contributed by atoms with Crippen molar-refractivity contribution in [3.8, 4) is 5.75 Å². The van der Waals surface area contributed by atoms with Gasteiger partial charge in [0.05, 0.1) is 20.1 Å². The van der Waals surface area contributed by atoms with Crippen LogP contribution in [0.5, 0.6) is 5.75 Å². The van der Waals surface area contributed by atoms with Gasteiger partial charge in [-0.15, -0.1) is 0 Å². The van der Waals surface area contributed by atoms with E-state index in [-0.39, 0.29) is 17.8 Å². The number of esters is 1. The van der Waals surface area contributed by atoms with E-state index in [1.54, 1.807) is 18.9 Å². The molecular weight excluding hydrogens is 270 g/mol. The molecule has 0 aromatic heterocycles. The van der Waals surface area contributed by atoms with E-state index in [2.05, 4.69) is 0 Å². The largest absolute Gasteiger partial charge is 0.497 e. The Morgan fingerprint density at radius 1 is 1.19 bits per heavy atom. The summed E-state index contributed by atoms with van der Waals surface area (Å²) in [5, 5.41) is 0. The topological polar surface area (TPSA) is 55.8 Å². The molecule has 5 heteroatoms. The van der Waals surface area contributed by atoms with E-state index in [9.17, 15) is 9.59 Å². The highest BCUT2D eigenvalue weighted by molar-refractivity contribution is 5.77. The number of ether oxygens (including phenoxy) is 2. The summed E-state index contributed by atoms with van der Waals surface area (Å²) in [7, 11) is 2.97. The first kappa shape index (κ1) is 17.0. The second kappa shape index (κ2) is 8.29. The van der Waals surface area contributed by atoms with Crippen LogP contribution in [-0.4, -0.2) is 37.5 Å². The summed E-state index contributed by atoms with van der Waals surface area (Å²) in [4.78, 5) is 25.2. The fourth-order valence-electron chi connectivity index (χ4n) is 2.04. The zero-order valence-electron chi connectivity index (χ0n) is 13.1. The standard InChI is InChI=1S/C16H23NO4/c1-5-15(18)17(10-12(2)16(19)21-4)11-13-6-8-14(20-3)9-7-13/h6-9,12H,5,10-11H2,1-4H3. The Balaban J connectivity index is 2.77. The van der Waals surface area contributed by atoms with Crippen LogP contribution >= 0.6 is 0 Å². The van der Waals surface area contributed by atoms with Crippen molar-refractivity contribution in [1.82, 2.24) is 4.90 Å². The number of hydrogen-bond acceptors (Lipinski definition) is 4. The maximum absolute atomic E-state index is 12.0. The lowest BCUT2D eigenvalue weighted by Gasteiger charge is -2.25. The normalized spacial score (nSPS) is 11.6. The fraction of sp³-hybridized carbons (Fsp3) is 0.500. The summed E-state index contributed by atoms with van der Waals surface area (Å²) in [5.41, 5.74) is 0.995. The maximum atomic E-state index is 12.0. The van der Waals surface area contributed by atoms with Crippen LogP contribution in [0.4, 0.5) is 0 Å². The second-order valence-corrected chi connectivity index (χ2v) is 4.90. The van der Waals surface area contributed by atoms with Gasteiger partial charge in [-0.2, -0.15) is 0 Å². The molecule has 0 fully saturated rings. The highest BCUT2D eigenvalue weighted by Gasteiger charge is 2.20. The molecule has 1 amide bonds.